The van der Waals surface area contributed by atoms with Gasteiger partial charge < -0.3 is 10.2 Å². The first kappa shape index (κ1) is 14.2. The van der Waals surface area contributed by atoms with E-state index in [1.54, 1.807) is 0 Å². The van der Waals surface area contributed by atoms with Crippen molar-refractivity contribution < 1.29 is 4.39 Å². The molecule has 96 valence electrons. The van der Waals surface area contributed by atoms with Gasteiger partial charge in [-0.2, -0.15) is 0 Å². The van der Waals surface area contributed by atoms with Crippen LogP contribution in [0, 0.1) is 11.2 Å². The lowest BCUT2D eigenvalue weighted by Gasteiger charge is -2.28. The fraction of sp³-hybridized carbons (Fsp3) is 0.583. The van der Waals surface area contributed by atoms with Crippen molar-refractivity contribution in [2.75, 3.05) is 32.5 Å². The van der Waals surface area contributed by atoms with Gasteiger partial charge in [-0.3, -0.25) is 0 Å². The molecule has 3 nitrogen and oxygen atoms in total. The molecule has 0 bridgehead atoms. The molecule has 1 aromatic heterocycles. The van der Waals surface area contributed by atoms with Gasteiger partial charge in [0.1, 0.15) is 0 Å². The third-order valence-corrected chi connectivity index (χ3v) is 2.49. The highest BCUT2D eigenvalue weighted by atomic mass is 35.5. The normalized spacial score (nSPS) is 11.9. The first-order valence-corrected chi connectivity index (χ1v) is 5.88. The Hall–Kier alpha value is -0.870. The maximum atomic E-state index is 13.5. The number of halogens is 2. The lowest BCUT2D eigenvalue weighted by molar-refractivity contribution is 0.254. The van der Waals surface area contributed by atoms with Crippen molar-refractivity contribution in [1.82, 2.24) is 9.88 Å². The van der Waals surface area contributed by atoms with Crippen LogP contribution < -0.4 is 5.32 Å². The maximum Gasteiger partial charge on any atom is 0.166 e. The van der Waals surface area contributed by atoms with Crippen LogP contribution in [-0.4, -0.2) is 37.1 Å². The topological polar surface area (TPSA) is 28.2 Å². The Morgan fingerprint density at radius 2 is 2.12 bits per heavy atom. The van der Waals surface area contributed by atoms with Crippen LogP contribution in [0.3, 0.4) is 0 Å². The highest BCUT2D eigenvalue weighted by Gasteiger charge is 2.19. The van der Waals surface area contributed by atoms with Gasteiger partial charge in [0, 0.05) is 19.3 Å². The van der Waals surface area contributed by atoms with Crippen LogP contribution in [0.4, 0.5) is 10.2 Å². The molecule has 1 heterocycles. The first-order chi connectivity index (χ1) is 7.80. The Labute approximate surface area is 107 Å². The molecule has 1 aromatic rings. The van der Waals surface area contributed by atoms with E-state index in [1.807, 2.05) is 14.1 Å². The van der Waals surface area contributed by atoms with E-state index in [2.05, 4.69) is 29.0 Å². The zero-order valence-electron chi connectivity index (χ0n) is 10.7. The maximum absolute atomic E-state index is 13.5. The first-order valence-electron chi connectivity index (χ1n) is 5.50. The standard InChI is InChI=1S/C12H19ClFN3/c1-12(2,8-17(3)4)7-16-11-10(14)5-9(13)6-15-11/h5-6H,7-8H2,1-4H3,(H,15,16). The summed E-state index contributed by atoms with van der Waals surface area (Å²) in [5.74, 6) is -0.167. The van der Waals surface area contributed by atoms with E-state index in [4.69, 9.17) is 11.6 Å². The third-order valence-electron chi connectivity index (χ3n) is 2.29. The summed E-state index contributed by atoms with van der Waals surface area (Å²) >= 11 is 5.64. The van der Waals surface area contributed by atoms with Gasteiger partial charge in [-0.1, -0.05) is 25.4 Å². The molecule has 5 heteroatoms. The quantitative estimate of drug-likeness (QED) is 0.881. The fourth-order valence-corrected chi connectivity index (χ4v) is 1.92. The summed E-state index contributed by atoms with van der Waals surface area (Å²) in [4.78, 5) is 6.03. The Bertz CT molecular complexity index is 380. The number of pyridine rings is 1. The van der Waals surface area contributed by atoms with Crippen molar-refractivity contribution in [3.8, 4) is 0 Å². The van der Waals surface area contributed by atoms with Crippen LogP contribution in [0.5, 0.6) is 0 Å². The van der Waals surface area contributed by atoms with E-state index in [9.17, 15) is 4.39 Å². The number of nitrogens with zero attached hydrogens (tertiary/aromatic N) is 2. The summed E-state index contributed by atoms with van der Waals surface area (Å²) < 4.78 is 13.5. The zero-order valence-corrected chi connectivity index (χ0v) is 11.5. The van der Waals surface area contributed by atoms with Crippen LogP contribution in [0.25, 0.3) is 0 Å². The molecule has 0 atom stereocenters. The van der Waals surface area contributed by atoms with E-state index in [-0.39, 0.29) is 11.2 Å². The summed E-state index contributed by atoms with van der Waals surface area (Å²) in [5, 5.41) is 3.32. The van der Waals surface area contributed by atoms with Gasteiger partial charge in [0.05, 0.1) is 5.02 Å². The molecular formula is C12H19ClFN3. The van der Waals surface area contributed by atoms with Gasteiger partial charge in [0.15, 0.2) is 11.6 Å². The second-order valence-corrected chi connectivity index (χ2v) is 5.68. The number of aromatic nitrogens is 1. The SMILES string of the molecule is CN(C)CC(C)(C)CNc1ncc(Cl)cc1F. The largest absolute Gasteiger partial charge is 0.367 e. The number of hydrogen-bond donors (Lipinski definition) is 1. The van der Waals surface area contributed by atoms with Crippen molar-refractivity contribution in [3.05, 3.63) is 23.1 Å². The highest BCUT2D eigenvalue weighted by molar-refractivity contribution is 6.30. The summed E-state index contributed by atoms with van der Waals surface area (Å²) in [5.41, 5.74) is 0.0389. The van der Waals surface area contributed by atoms with Gasteiger partial charge in [0.25, 0.3) is 0 Å². The Balaban J connectivity index is 2.61. The molecule has 0 unspecified atom stereocenters. The van der Waals surface area contributed by atoms with Crippen LogP contribution in [0.15, 0.2) is 12.3 Å². The monoisotopic (exact) mass is 259 g/mol. The number of anilines is 1. The van der Waals surface area contributed by atoms with E-state index in [1.165, 1.54) is 12.3 Å². The summed E-state index contributed by atoms with van der Waals surface area (Å²) in [6.45, 7) is 5.80. The summed E-state index contributed by atoms with van der Waals surface area (Å²) in [6, 6.07) is 1.26. The van der Waals surface area contributed by atoms with Gasteiger partial charge in [0.2, 0.25) is 0 Å². The molecule has 0 aliphatic rings. The molecular weight excluding hydrogens is 241 g/mol. The molecule has 0 amide bonds. The molecule has 0 fully saturated rings. The van der Waals surface area contributed by atoms with E-state index >= 15 is 0 Å². The molecule has 1 rings (SSSR count). The molecule has 0 saturated heterocycles. The molecule has 0 spiro atoms. The average molecular weight is 260 g/mol. The minimum atomic E-state index is -0.418. The minimum Gasteiger partial charge on any atom is -0.367 e. The van der Waals surface area contributed by atoms with Crippen molar-refractivity contribution in [2.24, 2.45) is 5.41 Å². The van der Waals surface area contributed by atoms with Crippen molar-refractivity contribution in [1.29, 1.82) is 0 Å². The van der Waals surface area contributed by atoms with Gasteiger partial charge >= 0.3 is 0 Å². The minimum absolute atomic E-state index is 0.0389. The molecule has 17 heavy (non-hydrogen) atoms. The van der Waals surface area contributed by atoms with Crippen LogP contribution in [0.1, 0.15) is 13.8 Å². The van der Waals surface area contributed by atoms with E-state index in [0.717, 1.165) is 6.54 Å². The lowest BCUT2D eigenvalue weighted by atomic mass is 9.93. The van der Waals surface area contributed by atoms with Crippen LogP contribution in [0.2, 0.25) is 5.02 Å². The average Bonchev–Trinajstić information content (AvgIpc) is 2.14. The second kappa shape index (κ2) is 5.65. The van der Waals surface area contributed by atoms with Crippen molar-refractivity contribution >= 4 is 17.4 Å². The summed E-state index contributed by atoms with van der Waals surface area (Å²) in [7, 11) is 4.03. The Kier molecular flexibility index (Phi) is 4.71. The molecule has 1 N–H and O–H groups in total. The number of rotatable bonds is 5. The molecule has 0 aliphatic heterocycles. The predicted molar refractivity (Wildman–Crippen MR) is 70.0 cm³/mol. The van der Waals surface area contributed by atoms with E-state index in [0.29, 0.717) is 11.6 Å². The predicted octanol–water partition coefficient (Wildman–Crippen LogP) is 2.87. The van der Waals surface area contributed by atoms with Crippen molar-refractivity contribution in [3.63, 3.8) is 0 Å². The Morgan fingerprint density at radius 1 is 1.47 bits per heavy atom. The zero-order chi connectivity index (χ0) is 13.1. The number of hydrogen-bond acceptors (Lipinski definition) is 3. The van der Waals surface area contributed by atoms with Crippen LogP contribution >= 0.6 is 11.6 Å². The highest BCUT2D eigenvalue weighted by Crippen LogP contribution is 2.19. The molecule has 0 radical (unpaired) electrons. The van der Waals surface area contributed by atoms with Crippen molar-refractivity contribution in [2.45, 2.75) is 13.8 Å². The van der Waals surface area contributed by atoms with Gasteiger partial charge in [-0.05, 0) is 25.6 Å². The third kappa shape index (κ3) is 4.88. The second-order valence-electron chi connectivity index (χ2n) is 5.24. The van der Waals surface area contributed by atoms with Crippen LogP contribution in [-0.2, 0) is 0 Å². The van der Waals surface area contributed by atoms with Gasteiger partial charge in [-0.15, -0.1) is 0 Å². The molecule has 0 aromatic carbocycles. The number of nitrogens with one attached hydrogen (secondary N) is 1. The summed E-state index contributed by atoms with van der Waals surface area (Å²) in [6.07, 6.45) is 1.44. The molecule has 0 aliphatic carbocycles. The van der Waals surface area contributed by atoms with E-state index < -0.39 is 5.82 Å². The molecule has 0 saturated carbocycles. The lowest BCUT2D eigenvalue weighted by Crippen LogP contribution is -2.34. The smallest absolute Gasteiger partial charge is 0.166 e. The fourth-order valence-electron chi connectivity index (χ4n) is 1.78. The Morgan fingerprint density at radius 3 is 2.65 bits per heavy atom. The van der Waals surface area contributed by atoms with Gasteiger partial charge in [-0.25, -0.2) is 9.37 Å².